The smallest absolute Gasteiger partial charge is 0.234 e. The number of likely N-dealkylation sites (N-methyl/N-ethyl adjacent to an activating group) is 1. The van der Waals surface area contributed by atoms with Crippen LogP contribution >= 0.6 is 23.2 Å². The van der Waals surface area contributed by atoms with Gasteiger partial charge in [-0.3, -0.25) is 9.69 Å². The fraction of sp³-hybridized carbons (Fsp3) is 0.278. The number of nitrogens with zero attached hydrogens (tertiary/aromatic N) is 1. The van der Waals surface area contributed by atoms with E-state index in [9.17, 15) is 9.18 Å². The van der Waals surface area contributed by atoms with Crippen molar-refractivity contribution in [2.75, 3.05) is 20.1 Å². The van der Waals surface area contributed by atoms with Crippen molar-refractivity contribution >= 4 is 29.1 Å². The van der Waals surface area contributed by atoms with E-state index in [1.54, 1.807) is 24.1 Å². The third kappa shape index (κ3) is 5.78. The van der Waals surface area contributed by atoms with Gasteiger partial charge in [-0.25, -0.2) is 4.39 Å². The lowest BCUT2D eigenvalue weighted by atomic mass is 10.1. The van der Waals surface area contributed by atoms with Crippen LogP contribution in [0.4, 0.5) is 4.39 Å². The first-order valence-corrected chi connectivity index (χ1v) is 8.34. The normalized spacial score (nSPS) is 10.9. The molecule has 0 bridgehead atoms. The van der Waals surface area contributed by atoms with Crippen molar-refractivity contribution in [3.8, 4) is 0 Å². The van der Waals surface area contributed by atoms with Crippen molar-refractivity contribution in [1.29, 1.82) is 0 Å². The molecular weight excluding hydrogens is 350 g/mol. The van der Waals surface area contributed by atoms with Crippen molar-refractivity contribution in [3.05, 3.63) is 69.5 Å². The first-order chi connectivity index (χ1) is 11.5. The number of rotatable bonds is 7. The van der Waals surface area contributed by atoms with Gasteiger partial charge in [0, 0.05) is 28.7 Å². The van der Waals surface area contributed by atoms with Crippen LogP contribution in [0.2, 0.25) is 10.0 Å². The Morgan fingerprint density at radius 3 is 2.54 bits per heavy atom. The second kappa shape index (κ2) is 9.02. The molecule has 0 radical (unpaired) electrons. The van der Waals surface area contributed by atoms with Gasteiger partial charge in [0.25, 0.3) is 0 Å². The molecule has 0 aromatic heterocycles. The third-order valence-electron chi connectivity index (χ3n) is 3.55. The van der Waals surface area contributed by atoms with Gasteiger partial charge < -0.3 is 5.32 Å². The van der Waals surface area contributed by atoms with Gasteiger partial charge in [0.2, 0.25) is 5.91 Å². The van der Waals surface area contributed by atoms with E-state index < -0.39 is 0 Å². The second-order valence-electron chi connectivity index (χ2n) is 5.60. The van der Waals surface area contributed by atoms with E-state index in [1.807, 2.05) is 24.3 Å². The average molecular weight is 369 g/mol. The van der Waals surface area contributed by atoms with Gasteiger partial charge in [-0.1, -0.05) is 41.4 Å². The number of amides is 1. The lowest BCUT2D eigenvalue weighted by Crippen LogP contribution is -2.36. The van der Waals surface area contributed by atoms with Gasteiger partial charge in [0.15, 0.2) is 0 Å². The molecule has 0 aliphatic heterocycles. The van der Waals surface area contributed by atoms with Crippen LogP contribution in [0.3, 0.4) is 0 Å². The van der Waals surface area contributed by atoms with Crippen LogP contribution in [0.15, 0.2) is 42.5 Å². The number of halogens is 3. The van der Waals surface area contributed by atoms with Gasteiger partial charge in [0.1, 0.15) is 5.82 Å². The molecule has 6 heteroatoms. The molecule has 2 aromatic rings. The van der Waals surface area contributed by atoms with Crippen LogP contribution < -0.4 is 5.32 Å². The number of nitrogens with one attached hydrogen (secondary N) is 1. The molecule has 1 amide bonds. The Morgan fingerprint density at radius 2 is 1.88 bits per heavy atom. The minimum atomic E-state index is -0.363. The minimum Gasteiger partial charge on any atom is -0.355 e. The highest BCUT2D eigenvalue weighted by Gasteiger charge is 2.12. The zero-order valence-corrected chi connectivity index (χ0v) is 14.9. The number of hydrogen-bond acceptors (Lipinski definition) is 2. The van der Waals surface area contributed by atoms with Gasteiger partial charge in [-0.15, -0.1) is 0 Å². The van der Waals surface area contributed by atoms with E-state index in [4.69, 9.17) is 23.2 Å². The second-order valence-corrected chi connectivity index (χ2v) is 6.44. The Hall–Kier alpha value is -1.62. The topological polar surface area (TPSA) is 32.3 Å². The summed E-state index contributed by atoms with van der Waals surface area (Å²) < 4.78 is 13.7. The highest BCUT2D eigenvalue weighted by molar-refractivity contribution is 6.31. The van der Waals surface area contributed by atoms with E-state index >= 15 is 0 Å². The zero-order chi connectivity index (χ0) is 17.5. The summed E-state index contributed by atoms with van der Waals surface area (Å²) in [5, 5.41) is 3.91. The van der Waals surface area contributed by atoms with Crippen LogP contribution in [0.25, 0.3) is 0 Å². The van der Waals surface area contributed by atoms with E-state index in [0.29, 0.717) is 22.2 Å². The van der Waals surface area contributed by atoms with Crippen LogP contribution in [0.5, 0.6) is 0 Å². The summed E-state index contributed by atoms with van der Waals surface area (Å²) >= 11 is 11.8. The number of hydrogen-bond donors (Lipinski definition) is 1. The lowest BCUT2D eigenvalue weighted by molar-refractivity contribution is -0.122. The van der Waals surface area contributed by atoms with E-state index in [0.717, 1.165) is 12.0 Å². The molecule has 0 atom stereocenters. The summed E-state index contributed by atoms with van der Waals surface area (Å²) in [6, 6.07) is 12.1. The summed E-state index contributed by atoms with van der Waals surface area (Å²) in [5.41, 5.74) is 1.50. The number of benzene rings is 2. The summed E-state index contributed by atoms with van der Waals surface area (Å²) in [4.78, 5) is 13.7. The Morgan fingerprint density at radius 1 is 1.17 bits per heavy atom. The Bertz CT molecular complexity index is 672. The first-order valence-electron chi connectivity index (χ1n) is 7.58. The molecular formula is C18H19Cl2FN2O. The van der Waals surface area contributed by atoms with E-state index in [2.05, 4.69) is 5.32 Å². The zero-order valence-electron chi connectivity index (χ0n) is 13.4. The SMILES string of the molecule is CN(CC(=O)NCCc1ccc(Cl)cc1)Cc1c(F)cccc1Cl. The fourth-order valence-electron chi connectivity index (χ4n) is 2.31. The van der Waals surface area contributed by atoms with Crippen LogP contribution in [-0.2, 0) is 17.8 Å². The monoisotopic (exact) mass is 368 g/mol. The summed E-state index contributed by atoms with van der Waals surface area (Å²) in [5.74, 6) is -0.476. The molecule has 128 valence electrons. The molecule has 0 aliphatic rings. The van der Waals surface area contributed by atoms with Crippen molar-refractivity contribution < 1.29 is 9.18 Å². The molecule has 0 unspecified atom stereocenters. The average Bonchev–Trinajstić information content (AvgIpc) is 2.53. The van der Waals surface area contributed by atoms with Crippen molar-refractivity contribution in [2.45, 2.75) is 13.0 Å². The molecule has 24 heavy (non-hydrogen) atoms. The molecule has 0 spiro atoms. The van der Waals surface area contributed by atoms with Crippen LogP contribution in [0.1, 0.15) is 11.1 Å². The van der Waals surface area contributed by atoms with Crippen molar-refractivity contribution in [1.82, 2.24) is 10.2 Å². The molecule has 2 aromatic carbocycles. The molecule has 0 saturated carbocycles. The summed E-state index contributed by atoms with van der Waals surface area (Å²) in [7, 11) is 1.75. The highest BCUT2D eigenvalue weighted by atomic mass is 35.5. The minimum absolute atomic E-state index is 0.112. The maximum atomic E-state index is 13.7. The van der Waals surface area contributed by atoms with Gasteiger partial charge in [-0.2, -0.15) is 0 Å². The summed E-state index contributed by atoms with van der Waals surface area (Å²) in [6.45, 7) is 0.982. The van der Waals surface area contributed by atoms with Gasteiger partial charge in [0.05, 0.1) is 6.54 Å². The van der Waals surface area contributed by atoms with Crippen molar-refractivity contribution in [3.63, 3.8) is 0 Å². The maximum Gasteiger partial charge on any atom is 0.234 e. The molecule has 2 rings (SSSR count). The lowest BCUT2D eigenvalue weighted by Gasteiger charge is -2.17. The standard InChI is InChI=1S/C18H19Cl2FN2O/c1-23(11-15-16(20)3-2-4-17(15)21)12-18(24)22-10-9-13-5-7-14(19)8-6-13/h2-8H,9-12H2,1H3,(H,22,24). The molecule has 0 fully saturated rings. The Balaban J connectivity index is 1.76. The molecule has 0 saturated heterocycles. The van der Waals surface area contributed by atoms with Gasteiger partial charge in [-0.05, 0) is 43.3 Å². The maximum absolute atomic E-state index is 13.7. The summed E-state index contributed by atoms with van der Waals surface area (Å²) in [6.07, 6.45) is 0.728. The number of carbonyl (C=O) groups is 1. The van der Waals surface area contributed by atoms with Gasteiger partial charge >= 0.3 is 0 Å². The molecule has 0 aliphatic carbocycles. The quantitative estimate of drug-likeness (QED) is 0.802. The fourth-order valence-corrected chi connectivity index (χ4v) is 2.66. The van der Waals surface area contributed by atoms with Crippen LogP contribution in [-0.4, -0.2) is 30.9 Å². The Kier molecular flexibility index (Phi) is 7.03. The first kappa shape index (κ1) is 18.7. The predicted octanol–water partition coefficient (Wildman–Crippen LogP) is 3.92. The molecule has 0 heterocycles. The number of carbonyl (C=O) groups excluding carboxylic acids is 1. The predicted molar refractivity (Wildman–Crippen MR) is 95.9 cm³/mol. The van der Waals surface area contributed by atoms with E-state index in [1.165, 1.54) is 6.07 Å². The largest absolute Gasteiger partial charge is 0.355 e. The highest BCUT2D eigenvalue weighted by Crippen LogP contribution is 2.20. The van der Waals surface area contributed by atoms with Crippen LogP contribution in [0, 0.1) is 5.82 Å². The molecule has 1 N–H and O–H groups in total. The van der Waals surface area contributed by atoms with Crippen molar-refractivity contribution in [2.24, 2.45) is 0 Å². The molecule has 3 nitrogen and oxygen atoms in total. The Labute approximate surface area is 151 Å². The van der Waals surface area contributed by atoms with E-state index in [-0.39, 0.29) is 24.8 Å². The third-order valence-corrected chi connectivity index (χ3v) is 4.16.